The first-order chi connectivity index (χ1) is 11.5. The molecule has 0 amide bonds. The molecular weight excluding hydrogens is 296 g/mol. The van der Waals surface area contributed by atoms with Crippen molar-refractivity contribution in [2.75, 3.05) is 7.11 Å². The van der Waals surface area contributed by atoms with Crippen LogP contribution in [0.15, 0.2) is 11.6 Å². The largest absolute Gasteiger partial charge is 0.365 e. The first-order valence-electron chi connectivity index (χ1n) is 9.72. The smallest absolute Gasteiger partial charge is 0.155 e. The fourth-order valence-corrected chi connectivity index (χ4v) is 7.22. The summed E-state index contributed by atoms with van der Waals surface area (Å²) in [5.74, 6) is 6.86. The lowest BCUT2D eigenvalue weighted by Crippen LogP contribution is -2.54. The number of allylic oxidation sites excluding steroid dienone is 1. The zero-order chi connectivity index (χ0) is 17.1. The number of ether oxygens (including phenoxy) is 1. The molecule has 4 aliphatic carbocycles. The van der Waals surface area contributed by atoms with Crippen molar-refractivity contribution in [3.05, 3.63) is 11.6 Å². The molecule has 3 fully saturated rings. The van der Waals surface area contributed by atoms with Gasteiger partial charge in [-0.25, -0.2) is 0 Å². The Morgan fingerprint density at radius 3 is 2.79 bits per heavy atom. The molecule has 0 aromatic rings. The van der Waals surface area contributed by atoms with Gasteiger partial charge in [-0.2, -0.15) is 0 Å². The molecule has 0 aromatic carbocycles. The highest BCUT2D eigenvalue weighted by Gasteiger charge is 2.63. The van der Waals surface area contributed by atoms with Crippen LogP contribution in [0.4, 0.5) is 0 Å². The molecule has 3 saturated carbocycles. The van der Waals surface area contributed by atoms with Crippen molar-refractivity contribution in [3.8, 4) is 12.3 Å². The average molecular weight is 326 g/mol. The third-order valence-electron chi connectivity index (χ3n) is 8.34. The van der Waals surface area contributed by atoms with E-state index in [2.05, 4.69) is 19.8 Å². The molecule has 7 atom stereocenters. The van der Waals surface area contributed by atoms with Crippen LogP contribution in [0.25, 0.3) is 0 Å². The van der Waals surface area contributed by atoms with Gasteiger partial charge in [-0.3, -0.25) is 4.79 Å². The van der Waals surface area contributed by atoms with Crippen LogP contribution in [0.3, 0.4) is 0 Å². The third-order valence-corrected chi connectivity index (χ3v) is 8.34. The number of terminal acetylenes is 1. The second kappa shape index (κ2) is 5.46. The van der Waals surface area contributed by atoms with E-state index >= 15 is 0 Å². The van der Waals surface area contributed by atoms with E-state index in [4.69, 9.17) is 11.2 Å². The number of rotatable bonds is 1. The summed E-state index contributed by atoms with van der Waals surface area (Å²) in [5, 5.41) is 0. The van der Waals surface area contributed by atoms with Gasteiger partial charge in [0.2, 0.25) is 0 Å². The number of hydrogen-bond donors (Lipinski definition) is 0. The minimum Gasteiger partial charge on any atom is -0.365 e. The number of carbonyl (C=O) groups is 1. The topological polar surface area (TPSA) is 26.3 Å². The molecule has 4 rings (SSSR count). The molecule has 0 spiro atoms. The summed E-state index contributed by atoms with van der Waals surface area (Å²) in [6.07, 6.45) is 15.5. The maximum absolute atomic E-state index is 11.9. The van der Waals surface area contributed by atoms with E-state index in [0.717, 1.165) is 37.5 Å². The normalized spacial score (nSPS) is 50.3. The third kappa shape index (κ3) is 1.97. The lowest BCUT2D eigenvalue weighted by Gasteiger charge is -2.57. The molecule has 0 saturated heterocycles. The second-order valence-electron chi connectivity index (χ2n) is 9.03. The molecule has 0 bridgehead atoms. The quantitative estimate of drug-likeness (QED) is 0.668. The van der Waals surface area contributed by atoms with Crippen LogP contribution in [-0.4, -0.2) is 18.5 Å². The van der Waals surface area contributed by atoms with Crippen LogP contribution in [0.1, 0.15) is 58.8 Å². The summed E-state index contributed by atoms with van der Waals surface area (Å²) in [5.41, 5.74) is 1.19. The van der Waals surface area contributed by atoms with Crippen molar-refractivity contribution < 1.29 is 9.53 Å². The minimum atomic E-state index is -0.374. The molecule has 1 unspecified atom stereocenters. The van der Waals surface area contributed by atoms with Crippen LogP contribution >= 0.6 is 0 Å². The lowest BCUT2D eigenvalue weighted by atomic mass is 9.48. The van der Waals surface area contributed by atoms with E-state index in [-0.39, 0.29) is 11.0 Å². The molecule has 2 heteroatoms. The Hall–Kier alpha value is -1.07. The van der Waals surface area contributed by atoms with Gasteiger partial charge in [-0.1, -0.05) is 25.3 Å². The van der Waals surface area contributed by atoms with Gasteiger partial charge >= 0.3 is 0 Å². The Labute approximate surface area is 146 Å². The number of carbonyl (C=O) groups excluding carboxylic acids is 1. The van der Waals surface area contributed by atoms with Gasteiger partial charge in [0.25, 0.3) is 0 Å². The number of fused-ring (bicyclic) bond motifs is 5. The van der Waals surface area contributed by atoms with E-state index in [1.165, 1.54) is 24.8 Å². The minimum absolute atomic E-state index is 0.109. The van der Waals surface area contributed by atoms with Crippen molar-refractivity contribution in [1.29, 1.82) is 0 Å². The summed E-state index contributed by atoms with van der Waals surface area (Å²) in [6, 6.07) is 0. The summed E-state index contributed by atoms with van der Waals surface area (Å²) < 4.78 is 5.96. The van der Waals surface area contributed by atoms with Gasteiger partial charge in [-0.15, -0.1) is 6.42 Å². The predicted octanol–water partition coefficient (Wildman–Crippen LogP) is 4.39. The van der Waals surface area contributed by atoms with Crippen molar-refractivity contribution in [3.63, 3.8) is 0 Å². The SMILES string of the molecule is C#CC1(OC)CC[C@@H]2[C@H]3[C@@H](CC[C@@]21C)[C@H]1CCC(=O)C=C1C[C@@H]3C. The predicted molar refractivity (Wildman–Crippen MR) is 95.2 cm³/mol. The van der Waals surface area contributed by atoms with E-state index < -0.39 is 0 Å². The van der Waals surface area contributed by atoms with E-state index in [1.54, 1.807) is 7.11 Å². The molecule has 0 radical (unpaired) electrons. The highest BCUT2D eigenvalue weighted by atomic mass is 16.5. The van der Waals surface area contributed by atoms with Crippen molar-refractivity contribution in [1.82, 2.24) is 0 Å². The first kappa shape index (κ1) is 16.4. The molecule has 0 heterocycles. The zero-order valence-corrected chi connectivity index (χ0v) is 15.3. The van der Waals surface area contributed by atoms with Crippen molar-refractivity contribution in [2.24, 2.45) is 35.0 Å². The average Bonchev–Trinajstić information content (AvgIpc) is 2.87. The van der Waals surface area contributed by atoms with Crippen LogP contribution in [0.5, 0.6) is 0 Å². The Bertz CT molecular complexity index is 626. The molecule has 4 aliphatic rings. The molecule has 0 aliphatic heterocycles. The zero-order valence-electron chi connectivity index (χ0n) is 15.3. The molecule has 0 N–H and O–H groups in total. The van der Waals surface area contributed by atoms with Crippen LogP contribution in [0.2, 0.25) is 0 Å². The monoisotopic (exact) mass is 326 g/mol. The van der Waals surface area contributed by atoms with Gasteiger partial charge in [-0.05, 0) is 74.2 Å². The van der Waals surface area contributed by atoms with Gasteiger partial charge < -0.3 is 4.74 Å². The standard InChI is InChI=1S/C22H30O2/c1-5-22(24-4)11-9-19-20-14(2)12-15-13-16(23)6-7-17(15)18(20)8-10-21(19,22)3/h1,13-14,17-20H,6-12H2,2-4H3/t14-,17-,18-,19+,20+,21-,22?/m0/s1. The Morgan fingerprint density at radius 1 is 1.29 bits per heavy atom. The van der Waals surface area contributed by atoms with Crippen molar-refractivity contribution >= 4 is 5.78 Å². The summed E-state index contributed by atoms with van der Waals surface area (Å²) in [7, 11) is 1.80. The van der Waals surface area contributed by atoms with Crippen LogP contribution in [0, 0.1) is 47.3 Å². The van der Waals surface area contributed by atoms with Gasteiger partial charge in [0.1, 0.15) is 5.60 Å². The van der Waals surface area contributed by atoms with E-state index in [0.29, 0.717) is 23.5 Å². The summed E-state index contributed by atoms with van der Waals surface area (Å²) >= 11 is 0. The maximum atomic E-state index is 11.9. The fraction of sp³-hybridized carbons (Fsp3) is 0.773. The molecular formula is C22H30O2. The van der Waals surface area contributed by atoms with E-state index in [9.17, 15) is 4.79 Å². The Kier molecular flexibility index (Phi) is 3.73. The lowest BCUT2D eigenvalue weighted by molar-refractivity contribution is -0.120. The fourth-order valence-electron chi connectivity index (χ4n) is 7.22. The molecule has 0 aromatic heterocycles. The summed E-state index contributed by atoms with van der Waals surface area (Å²) in [6.45, 7) is 4.80. The number of methoxy groups -OCH3 is 1. The summed E-state index contributed by atoms with van der Waals surface area (Å²) in [4.78, 5) is 11.9. The molecule has 24 heavy (non-hydrogen) atoms. The van der Waals surface area contributed by atoms with Crippen LogP contribution in [-0.2, 0) is 9.53 Å². The second-order valence-corrected chi connectivity index (χ2v) is 9.03. The highest BCUT2D eigenvalue weighted by molar-refractivity contribution is 5.91. The molecule has 2 nitrogen and oxygen atoms in total. The number of hydrogen-bond acceptors (Lipinski definition) is 2. The maximum Gasteiger partial charge on any atom is 0.155 e. The Morgan fingerprint density at radius 2 is 2.08 bits per heavy atom. The Balaban J connectivity index is 1.70. The number of ketones is 1. The van der Waals surface area contributed by atoms with Gasteiger partial charge in [0.15, 0.2) is 5.78 Å². The van der Waals surface area contributed by atoms with Crippen LogP contribution < -0.4 is 0 Å². The highest BCUT2D eigenvalue weighted by Crippen LogP contribution is 2.66. The van der Waals surface area contributed by atoms with Gasteiger partial charge in [0.05, 0.1) is 0 Å². The first-order valence-corrected chi connectivity index (χ1v) is 9.72. The van der Waals surface area contributed by atoms with E-state index in [1.807, 2.05) is 6.08 Å². The van der Waals surface area contributed by atoms with Gasteiger partial charge in [0, 0.05) is 18.9 Å². The van der Waals surface area contributed by atoms with Crippen molar-refractivity contribution in [2.45, 2.75) is 64.4 Å². The molecule has 130 valence electrons.